The molecule has 0 radical (unpaired) electrons. The molecule has 0 aliphatic carbocycles. The lowest BCUT2D eigenvalue weighted by Crippen LogP contribution is -2.28. The van der Waals surface area contributed by atoms with Crippen LogP contribution in [-0.4, -0.2) is 32.4 Å². The van der Waals surface area contributed by atoms with Gasteiger partial charge in [-0.25, -0.2) is 4.68 Å². The van der Waals surface area contributed by atoms with Gasteiger partial charge in [0.1, 0.15) is 0 Å². The van der Waals surface area contributed by atoms with E-state index in [1.807, 2.05) is 48.9 Å². The lowest BCUT2D eigenvalue weighted by atomic mass is 10.1. The Morgan fingerprint density at radius 1 is 1.26 bits per heavy atom. The highest BCUT2D eigenvalue weighted by Gasteiger charge is 2.22. The van der Waals surface area contributed by atoms with Gasteiger partial charge in [-0.2, -0.15) is 10.2 Å². The van der Waals surface area contributed by atoms with Gasteiger partial charge >= 0.3 is 0 Å². The van der Waals surface area contributed by atoms with Crippen molar-refractivity contribution in [1.82, 2.24) is 30.6 Å². The lowest BCUT2D eigenvalue weighted by molar-refractivity contribution is 0.0944. The molecule has 3 N–H and O–H groups in total. The van der Waals surface area contributed by atoms with Crippen LogP contribution in [0.15, 0.2) is 30.3 Å². The van der Waals surface area contributed by atoms with Crippen LogP contribution < -0.4 is 10.6 Å². The van der Waals surface area contributed by atoms with Crippen molar-refractivity contribution in [1.29, 1.82) is 0 Å². The van der Waals surface area contributed by atoms with Gasteiger partial charge in [0.15, 0.2) is 5.69 Å². The Morgan fingerprint density at radius 3 is 2.81 bits per heavy atom. The van der Waals surface area contributed by atoms with E-state index >= 15 is 0 Å². The molecule has 7 nitrogen and oxygen atoms in total. The Bertz CT molecular complexity index is 947. The summed E-state index contributed by atoms with van der Waals surface area (Å²) in [5, 5.41) is 18.1. The molecule has 0 saturated heterocycles. The number of benzene rings is 1. The maximum Gasteiger partial charge on any atom is 0.272 e. The normalized spacial score (nSPS) is 13.0. The molecule has 0 bridgehead atoms. The first-order valence-corrected chi connectivity index (χ1v) is 8.80. The minimum atomic E-state index is -0.155. The molecule has 4 rings (SSSR count). The van der Waals surface area contributed by atoms with Crippen LogP contribution in [0.2, 0.25) is 0 Å². The van der Waals surface area contributed by atoms with Gasteiger partial charge in [-0.3, -0.25) is 9.89 Å². The molecule has 3 heterocycles. The topological polar surface area (TPSA) is 87.6 Å². The fourth-order valence-electron chi connectivity index (χ4n) is 3.42. The minimum Gasteiger partial charge on any atom is -0.346 e. The molecule has 1 aliphatic rings. The second kappa shape index (κ2) is 7.94. The predicted molar refractivity (Wildman–Crippen MR) is 105 cm³/mol. The number of aryl methyl sites for hydroxylation is 1. The number of amides is 1. The van der Waals surface area contributed by atoms with Crippen molar-refractivity contribution in [2.75, 3.05) is 6.54 Å². The predicted octanol–water partition coefficient (Wildman–Crippen LogP) is 2.21. The molecular formula is C19H23ClN6O. The SMILES string of the molecule is Cc1nn(-c2ccccc2)c(C)c1CNC(=O)c1n[nH]c2c1CNCC2.Cl. The number of H-pyrrole nitrogens is 1. The summed E-state index contributed by atoms with van der Waals surface area (Å²) in [5.41, 5.74) is 6.50. The van der Waals surface area contributed by atoms with Gasteiger partial charge in [-0.05, 0) is 26.0 Å². The summed E-state index contributed by atoms with van der Waals surface area (Å²) in [5.74, 6) is -0.155. The number of fused-ring (bicyclic) bond motifs is 1. The zero-order chi connectivity index (χ0) is 18.1. The fraction of sp³-hybridized carbons (Fsp3) is 0.316. The molecule has 2 aromatic heterocycles. The van der Waals surface area contributed by atoms with E-state index in [2.05, 4.69) is 25.9 Å². The number of carbonyl (C=O) groups excluding carboxylic acids is 1. The van der Waals surface area contributed by atoms with Gasteiger partial charge < -0.3 is 10.6 Å². The first-order valence-electron chi connectivity index (χ1n) is 8.80. The maximum atomic E-state index is 12.6. The van der Waals surface area contributed by atoms with Gasteiger partial charge in [0, 0.05) is 48.6 Å². The summed E-state index contributed by atoms with van der Waals surface area (Å²) >= 11 is 0. The van der Waals surface area contributed by atoms with Crippen LogP contribution in [0.25, 0.3) is 5.69 Å². The highest BCUT2D eigenvalue weighted by Crippen LogP contribution is 2.19. The van der Waals surface area contributed by atoms with E-state index in [0.29, 0.717) is 18.8 Å². The minimum absolute atomic E-state index is 0. The Balaban J connectivity index is 0.00000210. The third kappa shape index (κ3) is 3.61. The van der Waals surface area contributed by atoms with E-state index in [-0.39, 0.29) is 18.3 Å². The standard InChI is InChI=1S/C19H22N6O.ClH/c1-12-15(13(2)25(24-12)14-6-4-3-5-7-14)11-21-19(26)18-16-10-20-9-8-17(16)22-23-18;/h3-7,20H,8-11H2,1-2H3,(H,21,26)(H,22,23);1H. The summed E-state index contributed by atoms with van der Waals surface area (Å²) in [6.45, 7) is 6.01. The summed E-state index contributed by atoms with van der Waals surface area (Å²) in [7, 11) is 0. The van der Waals surface area contributed by atoms with Crippen LogP contribution in [0.5, 0.6) is 0 Å². The van der Waals surface area contributed by atoms with Crippen molar-refractivity contribution < 1.29 is 4.79 Å². The number of para-hydroxylation sites is 1. The molecule has 1 aromatic carbocycles. The molecule has 0 unspecified atom stereocenters. The summed E-state index contributed by atoms with van der Waals surface area (Å²) in [6, 6.07) is 10.00. The first kappa shape index (κ1) is 19.1. The molecule has 1 aliphatic heterocycles. The molecule has 27 heavy (non-hydrogen) atoms. The largest absolute Gasteiger partial charge is 0.346 e. The Hall–Kier alpha value is -2.64. The van der Waals surface area contributed by atoms with Crippen molar-refractivity contribution in [3.05, 3.63) is 64.2 Å². The third-order valence-corrected chi connectivity index (χ3v) is 4.89. The summed E-state index contributed by atoms with van der Waals surface area (Å²) in [6.07, 6.45) is 0.873. The van der Waals surface area contributed by atoms with Crippen molar-refractivity contribution >= 4 is 18.3 Å². The average Bonchev–Trinajstić information content (AvgIpc) is 3.22. The van der Waals surface area contributed by atoms with Crippen molar-refractivity contribution in [2.45, 2.75) is 33.4 Å². The zero-order valence-electron chi connectivity index (χ0n) is 15.4. The number of carbonyl (C=O) groups is 1. The van der Waals surface area contributed by atoms with Crippen LogP contribution in [-0.2, 0) is 19.5 Å². The van der Waals surface area contributed by atoms with Crippen molar-refractivity contribution in [3.63, 3.8) is 0 Å². The number of rotatable bonds is 4. The number of hydrogen-bond donors (Lipinski definition) is 3. The fourth-order valence-corrected chi connectivity index (χ4v) is 3.42. The highest BCUT2D eigenvalue weighted by atomic mass is 35.5. The second-order valence-corrected chi connectivity index (χ2v) is 6.54. The van der Waals surface area contributed by atoms with Gasteiger partial charge in [0.05, 0.1) is 11.4 Å². The van der Waals surface area contributed by atoms with E-state index in [4.69, 9.17) is 0 Å². The number of halogens is 1. The van der Waals surface area contributed by atoms with Gasteiger partial charge in [-0.1, -0.05) is 18.2 Å². The van der Waals surface area contributed by atoms with E-state index < -0.39 is 0 Å². The van der Waals surface area contributed by atoms with Crippen molar-refractivity contribution in [3.8, 4) is 5.69 Å². The van der Waals surface area contributed by atoms with Gasteiger partial charge in [0.2, 0.25) is 0 Å². The van der Waals surface area contributed by atoms with Crippen LogP contribution in [0, 0.1) is 13.8 Å². The second-order valence-electron chi connectivity index (χ2n) is 6.54. The third-order valence-electron chi connectivity index (χ3n) is 4.89. The number of nitrogens with one attached hydrogen (secondary N) is 3. The Labute approximate surface area is 164 Å². The molecule has 0 fully saturated rings. The lowest BCUT2D eigenvalue weighted by Gasteiger charge is -2.13. The Kier molecular flexibility index (Phi) is 5.62. The molecule has 0 atom stereocenters. The van der Waals surface area contributed by atoms with E-state index in [1.54, 1.807) is 0 Å². The maximum absolute atomic E-state index is 12.6. The highest BCUT2D eigenvalue weighted by molar-refractivity contribution is 5.94. The molecule has 0 saturated carbocycles. The van der Waals surface area contributed by atoms with E-state index in [1.165, 1.54) is 0 Å². The number of aromatic nitrogens is 4. The molecule has 8 heteroatoms. The molecule has 3 aromatic rings. The quantitative estimate of drug-likeness (QED) is 0.641. The number of aromatic amines is 1. The van der Waals surface area contributed by atoms with Crippen LogP contribution in [0.3, 0.4) is 0 Å². The van der Waals surface area contributed by atoms with Gasteiger partial charge in [0.25, 0.3) is 5.91 Å². The Morgan fingerprint density at radius 2 is 2.04 bits per heavy atom. The van der Waals surface area contributed by atoms with Crippen LogP contribution in [0.1, 0.15) is 38.7 Å². The zero-order valence-corrected chi connectivity index (χ0v) is 16.2. The molecule has 142 valence electrons. The van der Waals surface area contributed by atoms with E-state index in [0.717, 1.165) is 46.9 Å². The monoisotopic (exact) mass is 386 g/mol. The summed E-state index contributed by atoms with van der Waals surface area (Å²) < 4.78 is 1.91. The molecule has 1 amide bonds. The number of nitrogens with zero attached hydrogens (tertiary/aromatic N) is 3. The molecule has 0 spiro atoms. The first-order chi connectivity index (χ1) is 12.6. The molecular weight excluding hydrogens is 364 g/mol. The smallest absolute Gasteiger partial charge is 0.272 e. The average molecular weight is 387 g/mol. The van der Waals surface area contributed by atoms with Crippen LogP contribution in [0.4, 0.5) is 0 Å². The van der Waals surface area contributed by atoms with Crippen LogP contribution >= 0.6 is 12.4 Å². The number of hydrogen-bond acceptors (Lipinski definition) is 4. The summed E-state index contributed by atoms with van der Waals surface area (Å²) in [4.78, 5) is 12.6. The van der Waals surface area contributed by atoms with E-state index in [9.17, 15) is 4.79 Å². The van der Waals surface area contributed by atoms with Crippen molar-refractivity contribution in [2.24, 2.45) is 0 Å². The van der Waals surface area contributed by atoms with Gasteiger partial charge in [-0.15, -0.1) is 12.4 Å².